The second-order valence-electron chi connectivity index (χ2n) is 4.67. The van der Waals surface area contributed by atoms with Crippen molar-refractivity contribution >= 4 is 5.91 Å². The molecule has 1 aromatic rings. The van der Waals surface area contributed by atoms with Gasteiger partial charge in [-0.1, -0.05) is 6.92 Å². The van der Waals surface area contributed by atoms with Gasteiger partial charge in [0, 0.05) is 13.1 Å². The third-order valence-corrected chi connectivity index (χ3v) is 3.42. The van der Waals surface area contributed by atoms with Crippen LogP contribution < -0.4 is 5.32 Å². The summed E-state index contributed by atoms with van der Waals surface area (Å²) < 4.78 is 0. The first kappa shape index (κ1) is 13.0. The lowest BCUT2D eigenvalue weighted by molar-refractivity contribution is 0.0689. The minimum absolute atomic E-state index is 0.0757. The molecule has 0 spiro atoms. The number of likely N-dealkylation sites (tertiary alicyclic amines) is 1. The van der Waals surface area contributed by atoms with E-state index in [1.807, 2.05) is 4.90 Å². The zero-order valence-corrected chi connectivity index (χ0v) is 10.8. The highest BCUT2D eigenvalue weighted by Crippen LogP contribution is 2.18. The lowest BCUT2D eigenvalue weighted by atomic mass is 9.96. The number of carbonyl (C=O) groups is 1. The molecule has 0 atom stereocenters. The van der Waals surface area contributed by atoms with E-state index in [-0.39, 0.29) is 5.91 Å². The Kier molecular flexibility index (Phi) is 4.64. The number of piperidine rings is 1. The molecule has 1 N–H and O–H groups in total. The SMILES string of the molecule is CCNCC1CCN(C(=O)c2ccnnc2)CC1. The third kappa shape index (κ3) is 3.26. The summed E-state index contributed by atoms with van der Waals surface area (Å²) in [5.74, 6) is 0.774. The number of amides is 1. The molecule has 1 aromatic heterocycles. The Hall–Kier alpha value is -1.49. The Balaban J connectivity index is 1.84. The molecule has 2 rings (SSSR count). The van der Waals surface area contributed by atoms with E-state index in [4.69, 9.17) is 0 Å². The second kappa shape index (κ2) is 6.44. The first-order chi connectivity index (χ1) is 8.81. The van der Waals surface area contributed by atoms with Gasteiger partial charge in [0.1, 0.15) is 0 Å². The fraction of sp³-hybridized carbons (Fsp3) is 0.615. The van der Waals surface area contributed by atoms with Crippen molar-refractivity contribution in [3.63, 3.8) is 0 Å². The standard InChI is InChI=1S/C13H20N4O/c1-2-14-9-11-4-7-17(8-5-11)13(18)12-3-6-15-16-10-12/h3,6,10-11,14H,2,4-5,7-9H2,1H3. The number of hydrogen-bond acceptors (Lipinski definition) is 4. The van der Waals surface area contributed by atoms with E-state index in [2.05, 4.69) is 22.4 Å². The summed E-state index contributed by atoms with van der Waals surface area (Å²) in [6.07, 6.45) is 5.26. The summed E-state index contributed by atoms with van der Waals surface area (Å²) in [6.45, 7) is 5.89. The average Bonchev–Trinajstić information content (AvgIpc) is 2.46. The van der Waals surface area contributed by atoms with Crippen LogP contribution in [0.2, 0.25) is 0 Å². The quantitative estimate of drug-likeness (QED) is 0.861. The highest BCUT2D eigenvalue weighted by molar-refractivity contribution is 5.93. The van der Waals surface area contributed by atoms with Crippen LogP contribution in [-0.4, -0.2) is 47.2 Å². The zero-order valence-electron chi connectivity index (χ0n) is 10.8. The molecule has 0 bridgehead atoms. The third-order valence-electron chi connectivity index (χ3n) is 3.42. The molecule has 1 amide bonds. The number of carbonyl (C=O) groups excluding carboxylic acids is 1. The van der Waals surface area contributed by atoms with Crippen LogP contribution in [0.3, 0.4) is 0 Å². The van der Waals surface area contributed by atoms with Crippen LogP contribution in [0.15, 0.2) is 18.5 Å². The Morgan fingerprint density at radius 3 is 2.83 bits per heavy atom. The van der Waals surface area contributed by atoms with Gasteiger partial charge in [-0.25, -0.2) is 0 Å². The highest BCUT2D eigenvalue weighted by atomic mass is 16.2. The van der Waals surface area contributed by atoms with Gasteiger partial charge in [0.2, 0.25) is 0 Å². The maximum absolute atomic E-state index is 12.2. The lowest BCUT2D eigenvalue weighted by Gasteiger charge is -2.32. The van der Waals surface area contributed by atoms with Crippen molar-refractivity contribution in [3.05, 3.63) is 24.0 Å². The van der Waals surface area contributed by atoms with Crippen molar-refractivity contribution in [1.82, 2.24) is 20.4 Å². The van der Waals surface area contributed by atoms with Gasteiger partial charge in [-0.15, -0.1) is 0 Å². The van der Waals surface area contributed by atoms with Crippen LogP contribution in [0.25, 0.3) is 0 Å². The number of rotatable bonds is 4. The van der Waals surface area contributed by atoms with Crippen molar-refractivity contribution in [3.8, 4) is 0 Å². The van der Waals surface area contributed by atoms with Crippen molar-refractivity contribution in [2.24, 2.45) is 5.92 Å². The predicted octanol–water partition coefficient (Wildman–Crippen LogP) is 0.938. The first-order valence-electron chi connectivity index (χ1n) is 6.58. The van der Waals surface area contributed by atoms with E-state index >= 15 is 0 Å². The topological polar surface area (TPSA) is 58.1 Å². The molecule has 98 valence electrons. The molecule has 1 aliphatic rings. The van der Waals surface area contributed by atoms with E-state index in [9.17, 15) is 4.79 Å². The normalized spacial score (nSPS) is 16.8. The summed E-state index contributed by atoms with van der Waals surface area (Å²) in [7, 11) is 0. The second-order valence-corrected chi connectivity index (χ2v) is 4.67. The van der Waals surface area contributed by atoms with Gasteiger partial charge in [0.25, 0.3) is 5.91 Å². The maximum Gasteiger partial charge on any atom is 0.255 e. The van der Waals surface area contributed by atoms with E-state index < -0.39 is 0 Å². The summed E-state index contributed by atoms with van der Waals surface area (Å²) in [4.78, 5) is 14.1. The summed E-state index contributed by atoms with van der Waals surface area (Å²) >= 11 is 0. The molecule has 0 saturated carbocycles. The Morgan fingerprint density at radius 1 is 1.44 bits per heavy atom. The summed E-state index contributed by atoms with van der Waals surface area (Å²) in [5, 5.41) is 10.8. The molecule has 18 heavy (non-hydrogen) atoms. The van der Waals surface area contributed by atoms with Gasteiger partial charge in [-0.2, -0.15) is 10.2 Å². The van der Waals surface area contributed by atoms with Crippen molar-refractivity contribution in [2.45, 2.75) is 19.8 Å². The molecule has 0 aromatic carbocycles. The van der Waals surface area contributed by atoms with Crippen LogP contribution in [-0.2, 0) is 0 Å². The Morgan fingerprint density at radius 2 is 2.22 bits per heavy atom. The maximum atomic E-state index is 12.2. The van der Waals surface area contributed by atoms with Gasteiger partial charge in [0.05, 0.1) is 18.0 Å². The van der Waals surface area contributed by atoms with Crippen LogP contribution >= 0.6 is 0 Å². The summed E-state index contributed by atoms with van der Waals surface area (Å²) in [5.41, 5.74) is 0.634. The fourth-order valence-corrected chi connectivity index (χ4v) is 2.29. The molecule has 1 saturated heterocycles. The van der Waals surface area contributed by atoms with Crippen LogP contribution in [0.1, 0.15) is 30.1 Å². The van der Waals surface area contributed by atoms with Gasteiger partial charge >= 0.3 is 0 Å². The molecule has 1 fully saturated rings. The molecule has 0 unspecified atom stereocenters. The van der Waals surface area contributed by atoms with Gasteiger partial charge in [-0.05, 0) is 37.9 Å². The van der Waals surface area contributed by atoms with Gasteiger partial charge < -0.3 is 10.2 Å². The minimum atomic E-state index is 0.0757. The molecule has 0 aliphatic carbocycles. The van der Waals surface area contributed by atoms with Crippen LogP contribution in [0, 0.1) is 5.92 Å². The average molecular weight is 248 g/mol. The van der Waals surface area contributed by atoms with Crippen LogP contribution in [0.4, 0.5) is 0 Å². The first-order valence-corrected chi connectivity index (χ1v) is 6.58. The van der Waals surface area contributed by atoms with Crippen molar-refractivity contribution < 1.29 is 4.79 Å². The zero-order chi connectivity index (χ0) is 12.8. The number of nitrogens with one attached hydrogen (secondary N) is 1. The molecular weight excluding hydrogens is 228 g/mol. The minimum Gasteiger partial charge on any atom is -0.339 e. The summed E-state index contributed by atoms with van der Waals surface area (Å²) in [6, 6.07) is 1.72. The van der Waals surface area contributed by atoms with E-state index in [0.717, 1.165) is 39.0 Å². The van der Waals surface area contributed by atoms with E-state index in [1.54, 1.807) is 12.3 Å². The smallest absolute Gasteiger partial charge is 0.255 e. The molecule has 1 aliphatic heterocycles. The van der Waals surface area contributed by atoms with Gasteiger partial charge in [-0.3, -0.25) is 4.79 Å². The lowest BCUT2D eigenvalue weighted by Crippen LogP contribution is -2.40. The number of aromatic nitrogens is 2. The van der Waals surface area contributed by atoms with Gasteiger partial charge in [0.15, 0.2) is 0 Å². The Bertz CT molecular complexity index is 374. The molecular formula is C13H20N4O. The fourth-order valence-electron chi connectivity index (χ4n) is 2.29. The van der Waals surface area contributed by atoms with Crippen molar-refractivity contribution in [2.75, 3.05) is 26.2 Å². The largest absolute Gasteiger partial charge is 0.339 e. The molecule has 5 nitrogen and oxygen atoms in total. The Labute approximate surface area is 108 Å². The molecule has 5 heteroatoms. The molecule has 2 heterocycles. The van der Waals surface area contributed by atoms with Crippen molar-refractivity contribution in [1.29, 1.82) is 0 Å². The molecule has 0 radical (unpaired) electrons. The van der Waals surface area contributed by atoms with E-state index in [1.165, 1.54) is 6.20 Å². The number of nitrogens with zero attached hydrogens (tertiary/aromatic N) is 3. The van der Waals surface area contributed by atoms with E-state index in [0.29, 0.717) is 11.5 Å². The number of hydrogen-bond donors (Lipinski definition) is 1. The predicted molar refractivity (Wildman–Crippen MR) is 69.2 cm³/mol. The van der Waals surface area contributed by atoms with Crippen LogP contribution in [0.5, 0.6) is 0 Å². The highest BCUT2D eigenvalue weighted by Gasteiger charge is 2.23. The monoisotopic (exact) mass is 248 g/mol.